The second-order valence-corrected chi connectivity index (χ2v) is 10.9. The van der Waals surface area contributed by atoms with Crippen LogP contribution in [0.1, 0.15) is 43.4 Å². The molecule has 0 unspecified atom stereocenters. The van der Waals surface area contributed by atoms with Crippen LogP contribution in [0, 0.1) is 25.7 Å². The quantitative estimate of drug-likeness (QED) is 0.293. The fourth-order valence-corrected chi connectivity index (χ4v) is 6.10. The highest BCUT2D eigenvalue weighted by molar-refractivity contribution is 7.97. The third-order valence-electron chi connectivity index (χ3n) is 5.10. The summed E-state index contributed by atoms with van der Waals surface area (Å²) in [6.07, 6.45) is -2.19. The fourth-order valence-electron chi connectivity index (χ4n) is 3.63. The van der Waals surface area contributed by atoms with Gasteiger partial charge in [-0.3, -0.25) is 0 Å². The SMILES string of the molecule is Cc1cc([S+]2CCCC2)cc(C)c1OCC(=O)OC(C)(C)C#Cc1ccc(OC(F)(F)F)cc1. The van der Waals surface area contributed by atoms with Gasteiger partial charge in [-0.25, -0.2) is 4.79 Å². The van der Waals surface area contributed by atoms with Gasteiger partial charge in [-0.05, 0) is 88.1 Å². The molecule has 0 aromatic heterocycles. The molecule has 0 aliphatic carbocycles. The van der Waals surface area contributed by atoms with Crippen LogP contribution in [-0.2, 0) is 20.4 Å². The largest absolute Gasteiger partial charge is 0.573 e. The van der Waals surface area contributed by atoms with Crippen LogP contribution in [0.2, 0.25) is 0 Å². The van der Waals surface area contributed by atoms with E-state index in [0.29, 0.717) is 22.2 Å². The van der Waals surface area contributed by atoms with Crippen LogP contribution < -0.4 is 9.47 Å². The van der Waals surface area contributed by atoms with Gasteiger partial charge < -0.3 is 14.2 Å². The smallest absolute Gasteiger partial charge is 0.481 e. The van der Waals surface area contributed by atoms with Crippen molar-refractivity contribution in [3.05, 3.63) is 53.1 Å². The van der Waals surface area contributed by atoms with Gasteiger partial charge in [0, 0.05) is 16.5 Å². The van der Waals surface area contributed by atoms with E-state index in [4.69, 9.17) is 9.47 Å². The summed E-state index contributed by atoms with van der Waals surface area (Å²) in [4.78, 5) is 13.7. The lowest BCUT2D eigenvalue weighted by Crippen LogP contribution is -2.29. The highest BCUT2D eigenvalue weighted by Gasteiger charge is 2.31. The molecule has 1 saturated heterocycles. The summed E-state index contributed by atoms with van der Waals surface area (Å²) in [6, 6.07) is 9.46. The lowest BCUT2D eigenvalue weighted by molar-refractivity contribution is -0.274. The Labute approximate surface area is 201 Å². The van der Waals surface area contributed by atoms with Gasteiger partial charge in [0.2, 0.25) is 0 Å². The van der Waals surface area contributed by atoms with Crippen LogP contribution in [0.4, 0.5) is 13.2 Å². The van der Waals surface area contributed by atoms with E-state index < -0.39 is 17.9 Å². The highest BCUT2D eigenvalue weighted by Crippen LogP contribution is 2.31. The number of ether oxygens (including phenoxy) is 3. The summed E-state index contributed by atoms with van der Waals surface area (Å²) < 4.78 is 51.8. The average molecular weight is 494 g/mol. The Bertz CT molecular complexity index is 1050. The molecule has 0 N–H and O–H groups in total. The monoisotopic (exact) mass is 493 g/mol. The standard InChI is InChI=1S/C26H28F3O4S/c1-18-15-22(34-13-5-6-14-34)16-19(2)24(18)31-17-23(30)33-25(3,4)12-11-20-7-9-21(10-8-20)32-26(27,28)29/h7-10,15-16H,5-6,13-14,17H2,1-4H3/q+1. The van der Waals surface area contributed by atoms with Crippen molar-refractivity contribution in [2.75, 3.05) is 18.1 Å². The minimum atomic E-state index is -4.75. The maximum atomic E-state index is 12.4. The number of halogens is 3. The van der Waals surface area contributed by atoms with E-state index >= 15 is 0 Å². The maximum Gasteiger partial charge on any atom is 0.573 e. The van der Waals surface area contributed by atoms with Gasteiger partial charge in [-0.1, -0.05) is 11.8 Å². The predicted octanol–water partition coefficient (Wildman–Crippen LogP) is 5.73. The van der Waals surface area contributed by atoms with Gasteiger partial charge >= 0.3 is 12.3 Å². The van der Waals surface area contributed by atoms with Crippen molar-refractivity contribution in [1.82, 2.24) is 0 Å². The Hall–Kier alpha value is -2.79. The van der Waals surface area contributed by atoms with Gasteiger partial charge in [0.05, 0.1) is 0 Å². The van der Waals surface area contributed by atoms with E-state index in [1.54, 1.807) is 13.8 Å². The molecule has 34 heavy (non-hydrogen) atoms. The number of rotatable bonds is 6. The Morgan fingerprint density at radius 3 is 2.18 bits per heavy atom. The Morgan fingerprint density at radius 1 is 1.03 bits per heavy atom. The van der Waals surface area contributed by atoms with Crippen LogP contribution in [0.5, 0.6) is 11.5 Å². The molecule has 2 aromatic rings. The summed E-state index contributed by atoms with van der Waals surface area (Å²) in [5.74, 6) is 7.91. The summed E-state index contributed by atoms with van der Waals surface area (Å²) in [7, 11) is 0.311. The second kappa shape index (κ2) is 10.6. The molecule has 0 bridgehead atoms. The molecular weight excluding hydrogens is 465 g/mol. The molecule has 1 heterocycles. The number of carbonyl (C=O) groups excluding carboxylic acids is 1. The van der Waals surface area contributed by atoms with E-state index in [0.717, 1.165) is 11.1 Å². The van der Waals surface area contributed by atoms with Crippen molar-refractivity contribution in [2.45, 2.75) is 57.4 Å². The molecule has 8 heteroatoms. The van der Waals surface area contributed by atoms with E-state index in [-0.39, 0.29) is 12.4 Å². The lowest BCUT2D eigenvalue weighted by Gasteiger charge is -2.19. The van der Waals surface area contributed by atoms with Gasteiger partial charge in [0.1, 0.15) is 23.0 Å². The maximum absolute atomic E-state index is 12.4. The molecule has 1 fully saturated rings. The number of aryl methyl sites for hydroxylation is 2. The molecule has 1 aliphatic heterocycles. The fraction of sp³-hybridized carbons (Fsp3) is 0.423. The van der Waals surface area contributed by atoms with Crippen molar-refractivity contribution in [3.8, 4) is 23.3 Å². The zero-order chi connectivity index (χ0) is 24.9. The first-order chi connectivity index (χ1) is 15.9. The van der Waals surface area contributed by atoms with Crippen LogP contribution in [0.25, 0.3) is 0 Å². The third-order valence-corrected chi connectivity index (χ3v) is 7.56. The van der Waals surface area contributed by atoms with Crippen molar-refractivity contribution in [3.63, 3.8) is 0 Å². The van der Waals surface area contributed by atoms with E-state index in [1.165, 1.54) is 53.5 Å². The summed E-state index contributed by atoms with van der Waals surface area (Å²) >= 11 is 0. The number of alkyl halides is 3. The van der Waals surface area contributed by atoms with Gasteiger partial charge in [0.15, 0.2) is 17.1 Å². The van der Waals surface area contributed by atoms with Crippen LogP contribution in [0.15, 0.2) is 41.3 Å². The minimum Gasteiger partial charge on any atom is -0.481 e. The summed E-state index contributed by atoms with van der Waals surface area (Å²) in [5.41, 5.74) is 1.35. The molecule has 1 aliphatic rings. The summed E-state index contributed by atoms with van der Waals surface area (Å²) in [6.45, 7) is 6.98. The molecule has 0 spiro atoms. The van der Waals surface area contributed by atoms with Crippen molar-refractivity contribution >= 4 is 16.9 Å². The number of esters is 1. The van der Waals surface area contributed by atoms with E-state index in [9.17, 15) is 18.0 Å². The van der Waals surface area contributed by atoms with Gasteiger partial charge in [-0.2, -0.15) is 0 Å². The van der Waals surface area contributed by atoms with Crippen LogP contribution in [0.3, 0.4) is 0 Å². The third kappa shape index (κ3) is 7.63. The molecule has 182 valence electrons. The highest BCUT2D eigenvalue weighted by atomic mass is 32.2. The first-order valence-corrected chi connectivity index (χ1v) is 12.5. The number of hydrogen-bond donors (Lipinski definition) is 0. The first-order valence-electron chi connectivity index (χ1n) is 10.9. The van der Waals surface area contributed by atoms with Crippen LogP contribution >= 0.6 is 0 Å². The predicted molar refractivity (Wildman–Crippen MR) is 126 cm³/mol. The van der Waals surface area contributed by atoms with E-state index in [1.807, 2.05) is 13.8 Å². The lowest BCUT2D eigenvalue weighted by atomic mass is 10.1. The first kappa shape index (κ1) is 25.8. The Morgan fingerprint density at radius 2 is 1.62 bits per heavy atom. The Balaban J connectivity index is 1.56. The molecule has 2 aromatic carbocycles. The molecule has 0 atom stereocenters. The molecule has 0 radical (unpaired) electrons. The second-order valence-electron chi connectivity index (χ2n) is 8.59. The molecular formula is C26H28F3O4S+. The van der Waals surface area contributed by atoms with Gasteiger partial charge in [0.25, 0.3) is 0 Å². The summed E-state index contributed by atoms with van der Waals surface area (Å²) in [5, 5.41) is 0. The molecule has 0 amide bonds. The van der Waals surface area contributed by atoms with Crippen molar-refractivity contribution in [2.24, 2.45) is 0 Å². The Kier molecular flexibility index (Phi) is 8.09. The normalized spacial score (nSPS) is 14.3. The molecule has 0 saturated carbocycles. The van der Waals surface area contributed by atoms with Crippen molar-refractivity contribution < 1.29 is 32.2 Å². The van der Waals surface area contributed by atoms with Gasteiger partial charge in [-0.15, -0.1) is 13.2 Å². The molecule has 4 nitrogen and oxygen atoms in total. The minimum absolute atomic E-state index is 0.249. The number of carbonyl (C=O) groups is 1. The van der Waals surface area contributed by atoms with E-state index in [2.05, 4.69) is 28.7 Å². The number of benzene rings is 2. The zero-order valence-corrected chi connectivity index (χ0v) is 20.5. The number of hydrogen-bond acceptors (Lipinski definition) is 4. The zero-order valence-electron chi connectivity index (χ0n) is 19.7. The van der Waals surface area contributed by atoms with Crippen LogP contribution in [-0.4, -0.2) is 36.0 Å². The topological polar surface area (TPSA) is 44.8 Å². The average Bonchev–Trinajstić information content (AvgIpc) is 3.26. The van der Waals surface area contributed by atoms with Crippen molar-refractivity contribution in [1.29, 1.82) is 0 Å². The molecule has 3 rings (SSSR count).